The molecule has 0 aliphatic carbocycles. The molecule has 0 saturated heterocycles. The number of amides is 1. The maximum absolute atomic E-state index is 11.7. The van der Waals surface area contributed by atoms with Gasteiger partial charge in [-0.1, -0.05) is 25.9 Å². The van der Waals surface area contributed by atoms with Gasteiger partial charge in [0.25, 0.3) is 5.91 Å². The van der Waals surface area contributed by atoms with E-state index in [2.05, 4.69) is 10.5 Å². The summed E-state index contributed by atoms with van der Waals surface area (Å²) in [5, 5.41) is 6.59. The molecule has 0 fully saturated rings. The van der Waals surface area contributed by atoms with E-state index in [4.69, 9.17) is 4.52 Å². The van der Waals surface area contributed by atoms with Crippen LogP contribution in [0.2, 0.25) is 0 Å². The van der Waals surface area contributed by atoms with Gasteiger partial charge in [0.1, 0.15) is 5.76 Å². The van der Waals surface area contributed by atoms with Gasteiger partial charge in [0.15, 0.2) is 5.69 Å². The highest BCUT2D eigenvalue weighted by atomic mass is 16.5. The van der Waals surface area contributed by atoms with Crippen LogP contribution in [0.3, 0.4) is 0 Å². The minimum Gasteiger partial charge on any atom is -0.360 e. The molecule has 0 bridgehead atoms. The molecule has 1 N–H and O–H groups in total. The zero-order valence-electron chi connectivity index (χ0n) is 9.76. The Balaban J connectivity index is 2.69. The SMILES string of the molecule is CCc1onc(C(=O)NCC(C)C)c1C. The Labute approximate surface area is 90.0 Å². The lowest BCUT2D eigenvalue weighted by Crippen LogP contribution is -2.28. The predicted octanol–water partition coefficient (Wildman–Crippen LogP) is 1.93. The topological polar surface area (TPSA) is 55.1 Å². The average molecular weight is 210 g/mol. The van der Waals surface area contributed by atoms with Crippen LogP contribution in [-0.2, 0) is 6.42 Å². The maximum Gasteiger partial charge on any atom is 0.273 e. The molecule has 1 rings (SSSR count). The molecule has 1 aromatic rings. The lowest BCUT2D eigenvalue weighted by Gasteiger charge is -2.05. The fourth-order valence-corrected chi connectivity index (χ4v) is 1.29. The first kappa shape index (κ1) is 11.8. The molecular formula is C11H18N2O2. The zero-order valence-corrected chi connectivity index (χ0v) is 9.76. The third kappa shape index (κ3) is 2.81. The number of aromatic nitrogens is 1. The van der Waals surface area contributed by atoms with Gasteiger partial charge in [-0.15, -0.1) is 0 Å². The van der Waals surface area contributed by atoms with Gasteiger partial charge in [-0.25, -0.2) is 0 Å². The van der Waals surface area contributed by atoms with Crippen LogP contribution in [0, 0.1) is 12.8 Å². The molecule has 0 saturated carbocycles. The molecule has 1 amide bonds. The molecule has 1 aromatic heterocycles. The highest BCUT2D eigenvalue weighted by Crippen LogP contribution is 2.13. The standard InChI is InChI=1S/C11H18N2O2/c1-5-9-8(4)10(13-15-9)11(14)12-6-7(2)3/h7H,5-6H2,1-4H3,(H,12,14). The molecule has 15 heavy (non-hydrogen) atoms. The third-order valence-electron chi connectivity index (χ3n) is 2.23. The first-order chi connectivity index (χ1) is 7.06. The van der Waals surface area contributed by atoms with Crippen molar-refractivity contribution in [2.45, 2.75) is 34.1 Å². The highest BCUT2D eigenvalue weighted by molar-refractivity contribution is 5.93. The van der Waals surface area contributed by atoms with Crippen molar-refractivity contribution < 1.29 is 9.32 Å². The monoisotopic (exact) mass is 210 g/mol. The Morgan fingerprint density at radius 2 is 2.20 bits per heavy atom. The zero-order chi connectivity index (χ0) is 11.4. The Morgan fingerprint density at radius 1 is 1.53 bits per heavy atom. The molecule has 0 aliphatic rings. The predicted molar refractivity (Wildman–Crippen MR) is 57.8 cm³/mol. The second-order valence-electron chi connectivity index (χ2n) is 4.04. The van der Waals surface area contributed by atoms with Gasteiger partial charge < -0.3 is 9.84 Å². The van der Waals surface area contributed by atoms with E-state index in [1.807, 2.05) is 27.7 Å². The molecule has 0 spiro atoms. The molecule has 0 aromatic carbocycles. The van der Waals surface area contributed by atoms with Gasteiger partial charge in [0, 0.05) is 18.5 Å². The third-order valence-corrected chi connectivity index (χ3v) is 2.23. The van der Waals surface area contributed by atoms with Crippen molar-refractivity contribution in [3.8, 4) is 0 Å². The van der Waals surface area contributed by atoms with Crippen molar-refractivity contribution in [2.24, 2.45) is 5.92 Å². The summed E-state index contributed by atoms with van der Waals surface area (Å²) in [6, 6.07) is 0. The fraction of sp³-hybridized carbons (Fsp3) is 0.636. The van der Waals surface area contributed by atoms with E-state index in [-0.39, 0.29) is 5.91 Å². The Morgan fingerprint density at radius 3 is 2.67 bits per heavy atom. The summed E-state index contributed by atoms with van der Waals surface area (Å²) in [4.78, 5) is 11.7. The van der Waals surface area contributed by atoms with E-state index in [0.717, 1.165) is 17.7 Å². The number of nitrogens with one attached hydrogen (secondary N) is 1. The minimum atomic E-state index is -0.148. The van der Waals surface area contributed by atoms with E-state index in [1.165, 1.54) is 0 Å². The number of hydrogen-bond donors (Lipinski definition) is 1. The molecule has 0 atom stereocenters. The van der Waals surface area contributed by atoms with Crippen LogP contribution in [0.25, 0.3) is 0 Å². The number of nitrogens with zero attached hydrogens (tertiary/aromatic N) is 1. The van der Waals surface area contributed by atoms with Gasteiger partial charge in [-0.2, -0.15) is 0 Å². The van der Waals surface area contributed by atoms with Gasteiger partial charge in [0.05, 0.1) is 0 Å². The average Bonchev–Trinajstić information content (AvgIpc) is 2.56. The normalized spacial score (nSPS) is 10.7. The largest absolute Gasteiger partial charge is 0.360 e. The molecule has 0 unspecified atom stereocenters. The summed E-state index contributed by atoms with van der Waals surface area (Å²) in [7, 11) is 0. The van der Waals surface area contributed by atoms with Crippen LogP contribution in [0.4, 0.5) is 0 Å². The van der Waals surface area contributed by atoms with Crippen molar-refractivity contribution in [2.75, 3.05) is 6.54 Å². The molecular weight excluding hydrogens is 192 g/mol. The number of hydrogen-bond acceptors (Lipinski definition) is 3. The van der Waals surface area contributed by atoms with E-state index >= 15 is 0 Å². The van der Waals surface area contributed by atoms with Gasteiger partial charge in [0.2, 0.25) is 0 Å². The number of aryl methyl sites for hydroxylation is 1. The summed E-state index contributed by atoms with van der Waals surface area (Å²) in [5.74, 6) is 1.07. The van der Waals surface area contributed by atoms with Crippen molar-refractivity contribution in [3.05, 3.63) is 17.0 Å². The number of carbonyl (C=O) groups is 1. The van der Waals surface area contributed by atoms with E-state index < -0.39 is 0 Å². The minimum absolute atomic E-state index is 0.148. The summed E-state index contributed by atoms with van der Waals surface area (Å²) in [6.45, 7) is 8.59. The molecule has 0 aliphatic heterocycles. The highest BCUT2D eigenvalue weighted by Gasteiger charge is 2.17. The second kappa shape index (κ2) is 4.96. The van der Waals surface area contributed by atoms with E-state index in [0.29, 0.717) is 18.2 Å². The van der Waals surface area contributed by atoms with Crippen molar-refractivity contribution in [3.63, 3.8) is 0 Å². The Hall–Kier alpha value is -1.32. The van der Waals surface area contributed by atoms with Crippen LogP contribution in [0.15, 0.2) is 4.52 Å². The summed E-state index contributed by atoms with van der Waals surface area (Å²) in [6.07, 6.45) is 0.760. The van der Waals surface area contributed by atoms with Crippen LogP contribution in [0.1, 0.15) is 42.6 Å². The lowest BCUT2D eigenvalue weighted by atomic mass is 10.1. The van der Waals surface area contributed by atoms with E-state index in [1.54, 1.807) is 0 Å². The van der Waals surface area contributed by atoms with Crippen molar-refractivity contribution in [1.82, 2.24) is 10.5 Å². The van der Waals surface area contributed by atoms with Gasteiger partial charge in [-0.3, -0.25) is 4.79 Å². The molecule has 1 heterocycles. The van der Waals surface area contributed by atoms with Crippen LogP contribution >= 0.6 is 0 Å². The second-order valence-corrected chi connectivity index (χ2v) is 4.04. The number of carbonyl (C=O) groups excluding carboxylic acids is 1. The lowest BCUT2D eigenvalue weighted by molar-refractivity contribution is 0.0939. The van der Waals surface area contributed by atoms with E-state index in [9.17, 15) is 4.79 Å². The van der Waals surface area contributed by atoms with Crippen LogP contribution in [0.5, 0.6) is 0 Å². The summed E-state index contributed by atoms with van der Waals surface area (Å²) >= 11 is 0. The molecule has 84 valence electrons. The van der Waals surface area contributed by atoms with Gasteiger partial charge in [-0.05, 0) is 12.8 Å². The summed E-state index contributed by atoms with van der Waals surface area (Å²) < 4.78 is 5.06. The van der Waals surface area contributed by atoms with Crippen LogP contribution < -0.4 is 5.32 Å². The summed E-state index contributed by atoms with van der Waals surface area (Å²) in [5.41, 5.74) is 1.26. The molecule has 0 radical (unpaired) electrons. The Bertz CT molecular complexity index is 342. The van der Waals surface area contributed by atoms with Crippen LogP contribution in [-0.4, -0.2) is 17.6 Å². The fourth-order valence-electron chi connectivity index (χ4n) is 1.29. The first-order valence-corrected chi connectivity index (χ1v) is 5.29. The quantitative estimate of drug-likeness (QED) is 0.826. The van der Waals surface area contributed by atoms with Gasteiger partial charge >= 0.3 is 0 Å². The first-order valence-electron chi connectivity index (χ1n) is 5.29. The maximum atomic E-state index is 11.7. The van der Waals surface area contributed by atoms with Crippen molar-refractivity contribution >= 4 is 5.91 Å². The molecule has 4 nitrogen and oxygen atoms in total. The Kier molecular flexibility index (Phi) is 3.88. The molecule has 4 heteroatoms. The number of rotatable bonds is 4. The van der Waals surface area contributed by atoms with Crippen molar-refractivity contribution in [1.29, 1.82) is 0 Å². The smallest absolute Gasteiger partial charge is 0.273 e.